The second-order valence-electron chi connectivity index (χ2n) is 8.74. The summed E-state index contributed by atoms with van der Waals surface area (Å²) in [5.74, 6) is -2.92. The molecule has 2 aromatic rings. The molecule has 0 radical (unpaired) electrons. The molecule has 6 nitrogen and oxygen atoms in total. The molecule has 2 aliphatic rings. The van der Waals surface area contributed by atoms with Crippen molar-refractivity contribution in [3.8, 4) is 0 Å². The maximum atomic E-state index is 13.7. The van der Waals surface area contributed by atoms with Crippen LogP contribution in [0.3, 0.4) is 0 Å². The molecular weight excluding hydrogens is 466 g/mol. The third kappa shape index (κ3) is 5.31. The zero-order valence-corrected chi connectivity index (χ0v) is 18.9. The first-order valence-electron chi connectivity index (χ1n) is 11.5. The molecule has 4 rings (SSSR count). The van der Waals surface area contributed by atoms with Crippen LogP contribution in [0.2, 0.25) is 0 Å². The van der Waals surface area contributed by atoms with E-state index in [1.54, 1.807) is 0 Å². The zero-order chi connectivity index (χ0) is 25.2. The smallest absolute Gasteiger partial charge is 0.350 e. The molecule has 2 saturated heterocycles. The van der Waals surface area contributed by atoms with Gasteiger partial charge in [0.1, 0.15) is 17.9 Å². The summed E-state index contributed by atoms with van der Waals surface area (Å²) < 4.78 is 53.0. The van der Waals surface area contributed by atoms with Crippen molar-refractivity contribution in [2.75, 3.05) is 13.1 Å². The average molecular weight is 491 g/mol. The van der Waals surface area contributed by atoms with Crippen molar-refractivity contribution in [1.29, 1.82) is 0 Å². The van der Waals surface area contributed by atoms with Crippen molar-refractivity contribution in [1.82, 2.24) is 15.1 Å². The number of halogens is 4. The summed E-state index contributed by atoms with van der Waals surface area (Å²) in [5, 5.41) is 2.85. The highest BCUT2D eigenvalue weighted by molar-refractivity contribution is 5.99. The molecule has 10 heteroatoms. The zero-order valence-electron chi connectivity index (χ0n) is 18.9. The van der Waals surface area contributed by atoms with Crippen LogP contribution in [0.25, 0.3) is 0 Å². The second kappa shape index (κ2) is 10.1. The van der Waals surface area contributed by atoms with E-state index in [4.69, 9.17) is 0 Å². The van der Waals surface area contributed by atoms with E-state index in [-0.39, 0.29) is 18.0 Å². The first-order valence-corrected chi connectivity index (χ1v) is 11.5. The highest BCUT2D eigenvalue weighted by Crippen LogP contribution is 2.33. The number of alkyl halides is 3. The van der Waals surface area contributed by atoms with E-state index in [0.717, 1.165) is 11.6 Å². The third-order valence-electron chi connectivity index (χ3n) is 6.47. The maximum Gasteiger partial charge on any atom is 0.419 e. The summed E-state index contributed by atoms with van der Waals surface area (Å²) in [6.45, 7) is 0.862. The molecule has 2 aromatic carbocycles. The first-order chi connectivity index (χ1) is 16.7. The van der Waals surface area contributed by atoms with E-state index in [9.17, 15) is 31.9 Å². The molecule has 2 aliphatic heterocycles. The average Bonchev–Trinajstić information content (AvgIpc) is 3.52. The van der Waals surface area contributed by atoms with Crippen molar-refractivity contribution >= 4 is 17.7 Å². The molecule has 3 amide bonds. The van der Waals surface area contributed by atoms with E-state index in [0.29, 0.717) is 50.9 Å². The Balaban J connectivity index is 1.46. The Labute approximate surface area is 199 Å². The molecule has 2 fully saturated rings. The highest BCUT2D eigenvalue weighted by Gasteiger charge is 2.43. The Kier molecular flexibility index (Phi) is 7.09. The van der Waals surface area contributed by atoms with Crippen LogP contribution < -0.4 is 5.32 Å². The standard InChI is InChI=1S/C25H25F4N3O3/c26-19-11-10-17(14-18(19)25(27,28)29)23(34)32-13-5-9-21(32)24(35)31-12-4-8-20(31)22(33)30-15-16-6-2-1-3-7-16/h1-3,6-7,10-11,14,20-21H,4-5,8-9,12-13,15H2,(H,30,33)/t20-,21-/m1/s1. The summed E-state index contributed by atoms with van der Waals surface area (Å²) in [6, 6.07) is 9.85. The van der Waals surface area contributed by atoms with Crippen LogP contribution >= 0.6 is 0 Å². The van der Waals surface area contributed by atoms with Gasteiger partial charge in [0.15, 0.2) is 0 Å². The van der Waals surface area contributed by atoms with Gasteiger partial charge in [-0.1, -0.05) is 30.3 Å². The van der Waals surface area contributed by atoms with E-state index in [2.05, 4.69) is 5.32 Å². The fourth-order valence-electron chi connectivity index (χ4n) is 4.71. The summed E-state index contributed by atoms with van der Waals surface area (Å²) in [7, 11) is 0. The fraction of sp³-hybridized carbons (Fsp3) is 0.400. The molecule has 0 unspecified atom stereocenters. The van der Waals surface area contributed by atoms with Gasteiger partial charge in [-0.3, -0.25) is 14.4 Å². The van der Waals surface area contributed by atoms with Crippen LogP contribution in [-0.4, -0.2) is 52.7 Å². The van der Waals surface area contributed by atoms with Crippen LogP contribution in [0.4, 0.5) is 17.6 Å². The molecule has 0 spiro atoms. The molecule has 2 atom stereocenters. The number of hydrogen-bond acceptors (Lipinski definition) is 3. The third-order valence-corrected chi connectivity index (χ3v) is 6.47. The van der Waals surface area contributed by atoms with Gasteiger partial charge in [-0.25, -0.2) is 4.39 Å². The molecule has 186 valence electrons. The minimum atomic E-state index is -4.95. The van der Waals surface area contributed by atoms with Gasteiger partial charge >= 0.3 is 6.18 Å². The van der Waals surface area contributed by atoms with Crippen LogP contribution in [0.15, 0.2) is 48.5 Å². The number of nitrogens with one attached hydrogen (secondary N) is 1. The van der Waals surface area contributed by atoms with Gasteiger partial charge in [0.25, 0.3) is 5.91 Å². The van der Waals surface area contributed by atoms with Gasteiger partial charge in [-0.05, 0) is 49.4 Å². The number of rotatable bonds is 5. The molecular formula is C25H25F4N3O3. The lowest BCUT2D eigenvalue weighted by Crippen LogP contribution is -2.52. The van der Waals surface area contributed by atoms with Gasteiger partial charge in [0.2, 0.25) is 11.8 Å². The van der Waals surface area contributed by atoms with Crippen molar-refractivity contribution in [2.24, 2.45) is 0 Å². The number of hydrogen-bond donors (Lipinski definition) is 1. The predicted octanol–water partition coefficient (Wildman–Crippen LogP) is 3.76. The topological polar surface area (TPSA) is 69.7 Å². The normalized spacial score (nSPS) is 20.2. The van der Waals surface area contributed by atoms with Crippen LogP contribution in [0.5, 0.6) is 0 Å². The predicted molar refractivity (Wildman–Crippen MR) is 118 cm³/mol. The molecule has 0 bridgehead atoms. The minimum Gasteiger partial charge on any atom is -0.350 e. The summed E-state index contributed by atoms with van der Waals surface area (Å²) in [6.07, 6.45) is -3.00. The lowest BCUT2D eigenvalue weighted by molar-refractivity contribution is -0.141. The Morgan fingerprint density at radius 2 is 1.57 bits per heavy atom. The van der Waals surface area contributed by atoms with Gasteiger partial charge in [-0.2, -0.15) is 13.2 Å². The Bertz CT molecular complexity index is 1110. The Morgan fingerprint density at radius 3 is 2.26 bits per heavy atom. The molecule has 0 aliphatic carbocycles. The van der Waals surface area contributed by atoms with E-state index >= 15 is 0 Å². The largest absolute Gasteiger partial charge is 0.419 e. The van der Waals surface area contributed by atoms with Crippen LogP contribution in [0.1, 0.15) is 47.2 Å². The molecule has 35 heavy (non-hydrogen) atoms. The van der Waals surface area contributed by atoms with E-state index in [1.807, 2.05) is 30.3 Å². The van der Waals surface area contributed by atoms with Gasteiger partial charge < -0.3 is 15.1 Å². The number of carbonyl (C=O) groups is 3. The number of amides is 3. The van der Waals surface area contributed by atoms with Crippen molar-refractivity contribution in [3.05, 3.63) is 71.0 Å². The molecule has 1 N–H and O–H groups in total. The molecule has 2 heterocycles. The lowest BCUT2D eigenvalue weighted by atomic mass is 10.1. The minimum absolute atomic E-state index is 0.187. The van der Waals surface area contributed by atoms with Gasteiger partial charge in [0, 0.05) is 25.2 Å². The van der Waals surface area contributed by atoms with E-state index in [1.165, 1.54) is 9.80 Å². The highest BCUT2D eigenvalue weighted by atomic mass is 19.4. The summed E-state index contributed by atoms with van der Waals surface area (Å²) >= 11 is 0. The van der Waals surface area contributed by atoms with Gasteiger partial charge in [-0.15, -0.1) is 0 Å². The Hall–Kier alpha value is -3.43. The lowest BCUT2D eigenvalue weighted by Gasteiger charge is -2.31. The summed E-state index contributed by atoms with van der Waals surface area (Å²) in [5.41, 5.74) is -0.945. The molecule has 0 aromatic heterocycles. The first kappa shape index (κ1) is 24.7. The second-order valence-corrected chi connectivity index (χ2v) is 8.74. The monoisotopic (exact) mass is 491 g/mol. The van der Waals surface area contributed by atoms with Crippen molar-refractivity contribution < 1.29 is 31.9 Å². The molecule has 0 saturated carbocycles. The number of carbonyl (C=O) groups excluding carboxylic acids is 3. The number of likely N-dealkylation sites (tertiary alicyclic amines) is 2. The van der Waals surface area contributed by atoms with Crippen LogP contribution in [-0.2, 0) is 22.3 Å². The maximum absolute atomic E-state index is 13.7. The fourth-order valence-corrected chi connectivity index (χ4v) is 4.71. The van der Waals surface area contributed by atoms with Crippen molar-refractivity contribution in [3.63, 3.8) is 0 Å². The quantitative estimate of drug-likeness (QED) is 0.648. The summed E-state index contributed by atoms with van der Waals surface area (Å²) in [4.78, 5) is 41.9. The van der Waals surface area contributed by atoms with Crippen molar-refractivity contribution in [2.45, 2.75) is 50.5 Å². The number of benzene rings is 2. The number of nitrogens with zero attached hydrogens (tertiary/aromatic N) is 2. The van der Waals surface area contributed by atoms with Crippen LogP contribution in [0, 0.1) is 5.82 Å². The Morgan fingerprint density at radius 1 is 0.914 bits per heavy atom. The van der Waals surface area contributed by atoms with Gasteiger partial charge in [0.05, 0.1) is 5.56 Å². The SMILES string of the molecule is O=C(NCc1ccccc1)[C@H]1CCCN1C(=O)[C@H]1CCCN1C(=O)c1ccc(F)c(C(F)(F)F)c1. The van der Waals surface area contributed by atoms with E-state index < -0.39 is 41.5 Å².